The summed E-state index contributed by atoms with van der Waals surface area (Å²) in [6.07, 6.45) is 4.47. The summed E-state index contributed by atoms with van der Waals surface area (Å²) < 4.78 is 18.3. The predicted octanol–water partition coefficient (Wildman–Crippen LogP) is 3.03. The van der Waals surface area contributed by atoms with Gasteiger partial charge < -0.3 is 18.8 Å². The van der Waals surface area contributed by atoms with Crippen molar-refractivity contribution >= 4 is 11.6 Å². The number of methoxy groups -OCH3 is 2. The lowest BCUT2D eigenvalue weighted by Gasteiger charge is -2.29. The van der Waals surface area contributed by atoms with Gasteiger partial charge in [-0.25, -0.2) is 9.97 Å². The Hall–Kier alpha value is -3.59. The molecule has 0 N–H and O–H groups in total. The number of ether oxygens (including phenoxy) is 2. The Kier molecular flexibility index (Phi) is 5.18. The van der Waals surface area contributed by atoms with Crippen molar-refractivity contribution in [2.45, 2.75) is 19.5 Å². The van der Waals surface area contributed by atoms with Crippen LogP contribution < -0.4 is 14.4 Å². The van der Waals surface area contributed by atoms with E-state index in [2.05, 4.69) is 27.1 Å². The second kappa shape index (κ2) is 8.16. The molecule has 0 unspecified atom stereocenters. The summed E-state index contributed by atoms with van der Waals surface area (Å²) in [6.45, 7) is 2.47. The molecule has 0 radical (unpaired) electrons. The van der Waals surface area contributed by atoms with Crippen molar-refractivity contribution in [3.8, 4) is 23.1 Å². The van der Waals surface area contributed by atoms with Crippen LogP contribution in [0.1, 0.15) is 16.7 Å². The zero-order chi connectivity index (χ0) is 22.2. The highest BCUT2D eigenvalue weighted by molar-refractivity contribution is 5.58. The third kappa shape index (κ3) is 3.54. The molecule has 0 saturated carbocycles. The van der Waals surface area contributed by atoms with Crippen LogP contribution in [0.15, 0.2) is 41.1 Å². The Morgan fingerprint density at radius 2 is 1.91 bits per heavy atom. The standard InChI is InChI=1S/C23H26N6O3/c1-27(2)23-24-12-17(22-25-21(26-29(22)23)18-6-5-9-32-18)14-28-8-7-15-10-19(30-3)20(31-4)11-16(15)13-28/h5-6,9-12H,7-8,13-14H2,1-4H3. The highest BCUT2D eigenvalue weighted by Gasteiger charge is 2.22. The van der Waals surface area contributed by atoms with Gasteiger partial charge >= 0.3 is 0 Å². The number of anilines is 1. The van der Waals surface area contributed by atoms with Gasteiger partial charge in [0, 0.05) is 45.5 Å². The minimum Gasteiger partial charge on any atom is -0.493 e. The van der Waals surface area contributed by atoms with Crippen LogP contribution in [0.5, 0.6) is 11.5 Å². The smallest absolute Gasteiger partial charge is 0.228 e. The van der Waals surface area contributed by atoms with Crippen LogP contribution >= 0.6 is 0 Å². The van der Waals surface area contributed by atoms with Crippen molar-refractivity contribution in [3.63, 3.8) is 0 Å². The Morgan fingerprint density at radius 1 is 1.12 bits per heavy atom. The molecule has 166 valence electrons. The number of furan rings is 1. The maximum Gasteiger partial charge on any atom is 0.228 e. The first-order valence-electron chi connectivity index (χ1n) is 10.5. The molecule has 9 heteroatoms. The van der Waals surface area contributed by atoms with E-state index in [9.17, 15) is 0 Å². The van der Waals surface area contributed by atoms with Crippen molar-refractivity contribution < 1.29 is 13.9 Å². The Bertz CT molecular complexity index is 1250. The zero-order valence-corrected chi connectivity index (χ0v) is 18.7. The van der Waals surface area contributed by atoms with E-state index >= 15 is 0 Å². The molecule has 0 fully saturated rings. The van der Waals surface area contributed by atoms with Gasteiger partial charge in [-0.1, -0.05) is 0 Å². The first kappa shape index (κ1) is 20.3. The molecular formula is C23H26N6O3. The summed E-state index contributed by atoms with van der Waals surface area (Å²) in [7, 11) is 7.23. The highest BCUT2D eigenvalue weighted by atomic mass is 16.5. The summed E-state index contributed by atoms with van der Waals surface area (Å²) in [6, 6.07) is 7.86. The summed E-state index contributed by atoms with van der Waals surface area (Å²) in [5.74, 6) is 3.44. The quantitative estimate of drug-likeness (QED) is 0.458. The van der Waals surface area contributed by atoms with Gasteiger partial charge in [-0.15, -0.1) is 5.10 Å². The lowest BCUT2D eigenvalue weighted by Crippen LogP contribution is -2.30. The second-order valence-electron chi connectivity index (χ2n) is 8.06. The van der Waals surface area contributed by atoms with Crippen LogP contribution in [0.3, 0.4) is 0 Å². The van der Waals surface area contributed by atoms with E-state index in [0.717, 1.165) is 48.2 Å². The lowest BCUT2D eigenvalue weighted by atomic mass is 9.98. The van der Waals surface area contributed by atoms with Crippen LogP contribution in [0.25, 0.3) is 17.2 Å². The van der Waals surface area contributed by atoms with E-state index in [0.29, 0.717) is 18.1 Å². The van der Waals surface area contributed by atoms with Crippen molar-refractivity contribution in [1.29, 1.82) is 0 Å². The monoisotopic (exact) mass is 434 g/mol. The summed E-state index contributed by atoms with van der Waals surface area (Å²) in [5, 5.41) is 4.67. The molecule has 0 spiro atoms. The lowest BCUT2D eigenvalue weighted by molar-refractivity contribution is 0.244. The molecule has 0 atom stereocenters. The number of fused-ring (bicyclic) bond motifs is 2. The molecule has 3 aromatic heterocycles. The summed E-state index contributed by atoms with van der Waals surface area (Å²) in [4.78, 5) is 13.8. The van der Waals surface area contributed by atoms with Crippen molar-refractivity contribution in [2.75, 3.05) is 39.8 Å². The molecule has 4 aromatic rings. The molecule has 1 aliphatic heterocycles. The SMILES string of the molecule is COc1cc2c(cc1OC)CN(Cc1cnc(N(C)C)n3nc(-c4ccco4)nc13)CC2. The van der Waals surface area contributed by atoms with Gasteiger partial charge in [0.15, 0.2) is 22.9 Å². The Balaban J connectivity index is 1.47. The minimum atomic E-state index is 0.549. The summed E-state index contributed by atoms with van der Waals surface area (Å²) >= 11 is 0. The van der Waals surface area contributed by atoms with Crippen molar-refractivity contribution in [2.24, 2.45) is 0 Å². The first-order chi connectivity index (χ1) is 15.6. The van der Waals surface area contributed by atoms with E-state index < -0.39 is 0 Å². The highest BCUT2D eigenvalue weighted by Crippen LogP contribution is 2.34. The number of nitrogens with zero attached hydrogens (tertiary/aromatic N) is 6. The largest absolute Gasteiger partial charge is 0.493 e. The number of rotatable bonds is 6. The molecule has 0 amide bonds. The Labute approximate surface area is 186 Å². The van der Waals surface area contributed by atoms with Crippen LogP contribution in [-0.2, 0) is 19.5 Å². The number of aromatic nitrogens is 4. The van der Waals surface area contributed by atoms with Crippen LogP contribution in [0.2, 0.25) is 0 Å². The third-order valence-corrected chi connectivity index (χ3v) is 5.75. The van der Waals surface area contributed by atoms with E-state index in [1.807, 2.05) is 37.3 Å². The molecule has 5 rings (SSSR count). The Morgan fingerprint density at radius 3 is 2.59 bits per heavy atom. The fraction of sp³-hybridized carbons (Fsp3) is 0.348. The van der Waals surface area contributed by atoms with Crippen LogP contribution in [0, 0.1) is 0 Å². The minimum absolute atomic E-state index is 0.549. The number of benzene rings is 1. The number of hydrogen-bond acceptors (Lipinski definition) is 8. The molecule has 32 heavy (non-hydrogen) atoms. The second-order valence-corrected chi connectivity index (χ2v) is 8.06. The van der Waals surface area contributed by atoms with Crippen LogP contribution in [-0.4, -0.2) is 59.3 Å². The topological polar surface area (TPSA) is 81.2 Å². The van der Waals surface area contributed by atoms with Gasteiger partial charge in [0.1, 0.15) is 0 Å². The predicted molar refractivity (Wildman–Crippen MR) is 120 cm³/mol. The normalized spacial score (nSPS) is 13.9. The van der Waals surface area contributed by atoms with Gasteiger partial charge in [0.25, 0.3) is 0 Å². The van der Waals surface area contributed by atoms with Gasteiger partial charge in [0.2, 0.25) is 11.8 Å². The molecule has 1 aromatic carbocycles. The van der Waals surface area contributed by atoms with E-state index in [-0.39, 0.29) is 0 Å². The maximum absolute atomic E-state index is 5.51. The fourth-order valence-corrected chi connectivity index (χ4v) is 4.15. The average Bonchev–Trinajstić information content (AvgIpc) is 3.48. The van der Waals surface area contributed by atoms with Gasteiger partial charge in [-0.3, -0.25) is 4.90 Å². The first-order valence-corrected chi connectivity index (χ1v) is 10.5. The molecule has 0 saturated heterocycles. The third-order valence-electron chi connectivity index (χ3n) is 5.75. The maximum atomic E-state index is 5.51. The molecule has 9 nitrogen and oxygen atoms in total. The molecule has 4 heterocycles. The number of hydrogen-bond donors (Lipinski definition) is 0. The van der Waals surface area contributed by atoms with Gasteiger partial charge in [0.05, 0.1) is 20.5 Å². The van der Waals surface area contributed by atoms with E-state index in [1.165, 1.54) is 11.1 Å². The van der Waals surface area contributed by atoms with E-state index in [4.69, 9.17) is 18.9 Å². The fourth-order valence-electron chi connectivity index (χ4n) is 4.15. The van der Waals surface area contributed by atoms with E-state index in [1.54, 1.807) is 25.0 Å². The summed E-state index contributed by atoms with van der Waals surface area (Å²) in [5.41, 5.74) is 4.35. The van der Waals surface area contributed by atoms with Crippen molar-refractivity contribution in [1.82, 2.24) is 24.5 Å². The van der Waals surface area contributed by atoms with Crippen LogP contribution in [0.4, 0.5) is 5.95 Å². The van der Waals surface area contributed by atoms with Crippen molar-refractivity contribution in [3.05, 3.63) is 53.4 Å². The average molecular weight is 435 g/mol. The van der Waals surface area contributed by atoms with Gasteiger partial charge in [-0.2, -0.15) is 4.52 Å². The van der Waals surface area contributed by atoms with Gasteiger partial charge in [-0.05, 0) is 41.8 Å². The molecule has 0 bridgehead atoms. The zero-order valence-electron chi connectivity index (χ0n) is 18.7. The molecule has 0 aliphatic carbocycles. The molecular weight excluding hydrogens is 408 g/mol. The molecule has 1 aliphatic rings.